The minimum absolute atomic E-state index is 0.000116. The molecular formula is C14H20N2O3. The van der Waals surface area contributed by atoms with Gasteiger partial charge in [0.2, 0.25) is 0 Å². The average molecular weight is 264 g/mol. The van der Waals surface area contributed by atoms with Gasteiger partial charge in [-0.15, -0.1) is 0 Å². The molecule has 1 unspecified atom stereocenters. The molecule has 1 atom stereocenters. The van der Waals surface area contributed by atoms with Gasteiger partial charge in [0.15, 0.2) is 0 Å². The van der Waals surface area contributed by atoms with Crippen molar-refractivity contribution in [3.63, 3.8) is 0 Å². The van der Waals surface area contributed by atoms with E-state index in [9.17, 15) is 4.79 Å². The molecule has 1 aromatic rings. The Labute approximate surface area is 113 Å². The number of hydrogen-bond donors (Lipinski definition) is 2. The molecule has 0 saturated carbocycles. The Balaban J connectivity index is 2.34. The van der Waals surface area contributed by atoms with Gasteiger partial charge in [-0.3, -0.25) is 4.79 Å². The second-order valence-corrected chi connectivity index (χ2v) is 5.18. The lowest BCUT2D eigenvalue weighted by Crippen LogP contribution is -2.44. The van der Waals surface area contributed by atoms with Crippen molar-refractivity contribution in [3.05, 3.63) is 23.8 Å². The summed E-state index contributed by atoms with van der Waals surface area (Å²) < 4.78 is 5.96. The third kappa shape index (κ3) is 2.98. The van der Waals surface area contributed by atoms with Crippen LogP contribution in [0, 0.1) is 5.92 Å². The number of nitrogens with zero attached hydrogens (tertiary/aromatic N) is 1. The van der Waals surface area contributed by atoms with Crippen molar-refractivity contribution in [3.8, 4) is 5.75 Å². The summed E-state index contributed by atoms with van der Waals surface area (Å²) in [6, 6.07) is 5.70. The third-order valence-electron chi connectivity index (χ3n) is 3.35. The van der Waals surface area contributed by atoms with Crippen LogP contribution in [0.25, 0.3) is 0 Å². The van der Waals surface area contributed by atoms with Gasteiger partial charge in [0.25, 0.3) is 0 Å². The average Bonchev–Trinajstić information content (AvgIpc) is 2.37. The second kappa shape index (κ2) is 5.48. The first-order valence-corrected chi connectivity index (χ1v) is 6.47. The Bertz CT molecular complexity index is 474. The van der Waals surface area contributed by atoms with Crippen LogP contribution in [-0.4, -0.2) is 30.3 Å². The van der Waals surface area contributed by atoms with Crippen LogP contribution in [0.1, 0.15) is 19.4 Å². The lowest BCUT2D eigenvalue weighted by Gasteiger charge is -2.37. The topological polar surface area (TPSA) is 75.8 Å². The maximum Gasteiger partial charge on any atom is 0.323 e. The van der Waals surface area contributed by atoms with Crippen LogP contribution in [-0.2, 0) is 11.3 Å². The number of benzene rings is 1. The van der Waals surface area contributed by atoms with Crippen molar-refractivity contribution >= 4 is 11.7 Å². The standard InChI is InChI=1S/C14H20N2O3/c1-9(2)13-7-16(8-14(17)18)11-4-3-10(6-15)5-12(11)19-13/h3-5,9,13H,6-8,15H2,1-2H3,(H,17,18). The van der Waals surface area contributed by atoms with Crippen molar-refractivity contribution in [2.75, 3.05) is 18.0 Å². The number of carboxylic acid groups (broad SMARTS) is 1. The molecule has 5 nitrogen and oxygen atoms in total. The maximum atomic E-state index is 11.0. The summed E-state index contributed by atoms with van der Waals surface area (Å²) in [7, 11) is 0. The normalized spacial score (nSPS) is 18.1. The van der Waals surface area contributed by atoms with Gasteiger partial charge < -0.3 is 20.5 Å². The zero-order valence-corrected chi connectivity index (χ0v) is 11.3. The van der Waals surface area contributed by atoms with Gasteiger partial charge in [-0.25, -0.2) is 0 Å². The molecule has 1 aromatic carbocycles. The molecule has 104 valence electrons. The fourth-order valence-electron chi connectivity index (χ4n) is 2.22. The van der Waals surface area contributed by atoms with Crippen molar-refractivity contribution in [1.29, 1.82) is 0 Å². The Morgan fingerprint density at radius 3 is 2.89 bits per heavy atom. The first kappa shape index (κ1) is 13.7. The summed E-state index contributed by atoms with van der Waals surface area (Å²) in [4.78, 5) is 12.8. The van der Waals surface area contributed by atoms with Crippen LogP contribution in [0.5, 0.6) is 5.75 Å². The number of rotatable bonds is 4. The van der Waals surface area contributed by atoms with Crippen LogP contribution in [0.15, 0.2) is 18.2 Å². The van der Waals surface area contributed by atoms with Gasteiger partial charge in [-0.05, 0) is 23.6 Å². The van der Waals surface area contributed by atoms with Gasteiger partial charge in [0.1, 0.15) is 18.4 Å². The van der Waals surface area contributed by atoms with Crippen molar-refractivity contribution in [2.24, 2.45) is 11.7 Å². The summed E-state index contributed by atoms with van der Waals surface area (Å²) in [6.07, 6.45) is -0.000116. The molecule has 0 aromatic heterocycles. The number of carboxylic acids is 1. The monoisotopic (exact) mass is 264 g/mol. The Hall–Kier alpha value is -1.75. The third-order valence-corrected chi connectivity index (χ3v) is 3.35. The number of ether oxygens (including phenoxy) is 1. The van der Waals surface area contributed by atoms with Gasteiger partial charge >= 0.3 is 5.97 Å². The van der Waals surface area contributed by atoms with Crippen molar-refractivity contribution in [2.45, 2.75) is 26.5 Å². The van der Waals surface area contributed by atoms with Gasteiger partial charge in [-0.2, -0.15) is 0 Å². The molecule has 0 amide bonds. The second-order valence-electron chi connectivity index (χ2n) is 5.18. The van der Waals surface area contributed by atoms with E-state index < -0.39 is 5.97 Å². The van der Waals surface area contributed by atoms with Crippen LogP contribution < -0.4 is 15.4 Å². The quantitative estimate of drug-likeness (QED) is 0.861. The van der Waals surface area contributed by atoms with Crippen molar-refractivity contribution < 1.29 is 14.6 Å². The summed E-state index contributed by atoms with van der Waals surface area (Å²) in [6.45, 7) is 5.17. The van der Waals surface area contributed by atoms with Crippen LogP contribution >= 0.6 is 0 Å². The van der Waals surface area contributed by atoms with E-state index in [1.54, 1.807) is 0 Å². The van der Waals surface area contributed by atoms with Crippen LogP contribution in [0.4, 0.5) is 5.69 Å². The van der Waals surface area contributed by atoms with E-state index in [1.807, 2.05) is 23.1 Å². The summed E-state index contributed by atoms with van der Waals surface area (Å²) >= 11 is 0. The number of hydrogen-bond acceptors (Lipinski definition) is 4. The highest BCUT2D eigenvalue weighted by Gasteiger charge is 2.28. The predicted molar refractivity (Wildman–Crippen MR) is 73.4 cm³/mol. The number of anilines is 1. The predicted octanol–water partition coefficient (Wildman–Crippen LogP) is 1.45. The highest BCUT2D eigenvalue weighted by molar-refractivity contribution is 5.75. The Kier molecular flexibility index (Phi) is 3.95. The Morgan fingerprint density at radius 1 is 1.58 bits per heavy atom. The van der Waals surface area contributed by atoms with E-state index in [0.717, 1.165) is 17.0 Å². The molecule has 0 bridgehead atoms. The molecule has 19 heavy (non-hydrogen) atoms. The molecule has 0 radical (unpaired) electrons. The lowest BCUT2D eigenvalue weighted by molar-refractivity contribution is -0.135. The number of nitrogens with two attached hydrogens (primary N) is 1. The van der Waals surface area contributed by atoms with E-state index >= 15 is 0 Å². The fourth-order valence-corrected chi connectivity index (χ4v) is 2.22. The Morgan fingerprint density at radius 2 is 2.32 bits per heavy atom. The molecule has 3 N–H and O–H groups in total. The lowest BCUT2D eigenvalue weighted by atomic mass is 10.0. The minimum Gasteiger partial charge on any atom is -0.486 e. The van der Waals surface area contributed by atoms with Crippen molar-refractivity contribution in [1.82, 2.24) is 0 Å². The molecule has 5 heteroatoms. The van der Waals surface area contributed by atoms with E-state index in [0.29, 0.717) is 19.0 Å². The molecule has 2 rings (SSSR count). The SMILES string of the molecule is CC(C)C1CN(CC(=O)O)c2ccc(CN)cc2O1. The van der Waals surface area contributed by atoms with Gasteiger partial charge in [-0.1, -0.05) is 19.9 Å². The molecule has 1 aliphatic rings. The molecule has 0 saturated heterocycles. The summed E-state index contributed by atoms with van der Waals surface area (Å²) in [5.41, 5.74) is 7.44. The first-order chi connectivity index (χ1) is 9.01. The molecular weight excluding hydrogens is 244 g/mol. The van der Waals surface area contributed by atoms with Crippen LogP contribution in [0.2, 0.25) is 0 Å². The van der Waals surface area contributed by atoms with E-state index in [2.05, 4.69) is 13.8 Å². The molecule has 0 spiro atoms. The maximum absolute atomic E-state index is 11.0. The molecule has 0 aliphatic carbocycles. The van der Waals surface area contributed by atoms with Crippen LogP contribution in [0.3, 0.4) is 0 Å². The smallest absolute Gasteiger partial charge is 0.323 e. The molecule has 1 aliphatic heterocycles. The van der Waals surface area contributed by atoms with E-state index in [-0.39, 0.29) is 12.6 Å². The fraction of sp³-hybridized carbons (Fsp3) is 0.500. The molecule has 0 fully saturated rings. The van der Waals surface area contributed by atoms with E-state index in [4.69, 9.17) is 15.6 Å². The minimum atomic E-state index is -0.835. The van der Waals surface area contributed by atoms with Gasteiger partial charge in [0, 0.05) is 6.54 Å². The summed E-state index contributed by atoms with van der Waals surface area (Å²) in [5.74, 6) is 0.221. The summed E-state index contributed by atoms with van der Waals surface area (Å²) in [5, 5.41) is 9.01. The number of carbonyl (C=O) groups is 1. The number of fused-ring (bicyclic) bond motifs is 1. The zero-order valence-electron chi connectivity index (χ0n) is 11.3. The number of aliphatic carboxylic acids is 1. The molecule has 1 heterocycles. The van der Waals surface area contributed by atoms with Gasteiger partial charge in [0.05, 0.1) is 12.2 Å². The highest BCUT2D eigenvalue weighted by Crippen LogP contribution is 2.35. The van der Waals surface area contributed by atoms with E-state index in [1.165, 1.54) is 0 Å². The largest absolute Gasteiger partial charge is 0.486 e. The highest BCUT2D eigenvalue weighted by atomic mass is 16.5. The zero-order chi connectivity index (χ0) is 14.0. The first-order valence-electron chi connectivity index (χ1n) is 6.47.